The molecule has 1 fully saturated rings. The van der Waals surface area contributed by atoms with E-state index in [0.29, 0.717) is 19.7 Å². The predicted molar refractivity (Wildman–Crippen MR) is 86.6 cm³/mol. The van der Waals surface area contributed by atoms with E-state index in [1.807, 2.05) is 18.7 Å². The van der Waals surface area contributed by atoms with Crippen molar-refractivity contribution in [3.63, 3.8) is 0 Å². The number of rotatable bonds is 6. The molecule has 1 saturated heterocycles. The smallest absolute Gasteiger partial charge is 0.411 e. The van der Waals surface area contributed by atoms with Crippen LogP contribution in [-0.4, -0.2) is 48.5 Å². The molecular weight excluding hydrogens is 301 g/mol. The minimum Gasteiger partial charge on any atom is -0.449 e. The SMILES string of the molecule is CC(C)COC(=O)Nc1cccn([C@H]2CCN(CCF)C2)c1=O. The van der Waals surface area contributed by atoms with Crippen molar-refractivity contribution in [1.82, 2.24) is 9.47 Å². The van der Waals surface area contributed by atoms with E-state index in [-0.39, 0.29) is 29.9 Å². The Kier molecular flexibility index (Phi) is 6.15. The van der Waals surface area contributed by atoms with Crippen LogP contribution in [-0.2, 0) is 4.74 Å². The highest BCUT2D eigenvalue weighted by Crippen LogP contribution is 2.20. The Balaban J connectivity index is 2.04. The number of alkyl halides is 1. The first kappa shape index (κ1) is 17.5. The molecule has 0 aromatic carbocycles. The molecule has 0 bridgehead atoms. The highest BCUT2D eigenvalue weighted by molar-refractivity contribution is 5.84. The minimum absolute atomic E-state index is 0.00230. The van der Waals surface area contributed by atoms with E-state index >= 15 is 0 Å². The maximum atomic E-state index is 12.5. The Morgan fingerprint density at radius 3 is 3.00 bits per heavy atom. The van der Waals surface area contributed by atoms with Crippen LogP contribution in [0.4, 0.5) is 14.9 Å². The molecule has 1 aliphatic rings. The summed E-state index contributed by atoms with van der Waals surface area (Å²) in [5.74, 6) is 0.230. The number of carbonyl (C=O) groups is 1. The molecule has 0 unspecified atom stereocenters. The lowest BCUT2D eigenvalue weighted by Gasteiger charge is -2.17. The summed E-state index contributed by atoms with van der Waals surface area (Å²) in [4.78, 5) is 26.2. The zero-order chi connectivity index (χ0) is 16.8. The molecular formula is C16H24FN3O3. The van der Waals surface area contributed by atoms with E-state index in [1.165, 1.54) is 0 Å². The van der Waals surface area contributed by atoms with Crippen molar-refractivity contribution in [3.05, 3.63) is 28.7 Å². The number of hydrogen-bond acceptors (Lipinski definition) is 4. The van der Waals surface area contributed by atoms with Gasteiger partial charge in [-0.05, 0) is 24.5 Å². The van der Waals surface area contributed by atoms with Gasteiger partial charge in [0.2, 0.25) is 0 Å². The Labute approximate surface area is 135 Å². The number of aromatic nitrogens is 1. The van der Waals surface area contributed by atoms with Crippen molar-refractivity contribution in [3.8, 4) is 0 Å². The summed E-state index contributed by atoms with van der Waals surface area (Å²) in [6, 6.07) is 3.28. The number of nitrogens with zero attached hydrogens (tertiary/aromatic N) is 2. The van der Waals surface area contributed by atoms with Crippen LogP contribution < -0.4 is 10.9 Å². The van der Waals surface area contributed by atoms with E-state index in [1.54, 1.807) is 22.9 Å². The average molecular weight is 325 g/mol. The third kappa shape index (κ3) is 4.79. The van der Waals surface area contributed by atoms with Gasteiger partial charge in [0, 0.05) is 25.8 Å². The molecule has 0 saturated carbocycles. The molecule has 7 heteroatoms. The minimum atomic E-state index is -0.626. The van der Waals surface area contributed by atoms with Gasteiger partial charge in [-0.15, -0.1) is 0 Å². The van der Waals surface area contributed by atoms with Gasteiger partial charge in [0.05, 0.1) is 12.6 Å². The Bertz CT molecular complexity index is 588. The van der Waals surface area contributed by atoms with Gasteiger partial charge in [0.15, 0.2) is 0 Å². The average Bonchev–Trinajstić information content (AvgIpc) is 2.96. The number of amides is 1. The summed E-state index contributed by atoms with van der Waals surface area (Å²) in [6.07, 6.45) is 1.87. The van der Waals surface area contributed by atoms with Crippen LogP contribution in [0.3, 0.4) is 0 Å². The van der Waals surface area contributed by atoms with Crippen LogP contribution in [0.5, 0.6) is 0 Å². The predicted octanol–water partition coefficient (Wildman–Crippen LogP) is 2.27. The lowest BCUT2D eigenvalue weighted by atomic mass is 10.2. The van der Waals surface area contributed by atoms with E-state index in [2.05, 4.69) is 5.32 Å². The summed E-state index contributed by atoms with van der Waals surface area (Å²) in [6.45, 7) is 5.60. The van der Waals surface area contributed by atoms with Crippen molar-refractivity contribution in [1.29, 1.82) is 0 Å². The number of carbonyl (C=O) groups excluding carboxylic acids is 1. The first-order chi connectivity index (χ1) is 11.0. The summed E-state index contributed by atoms with van der Waals surface area (Å²) in [5.41, 5.74) is -0.0636. The Morgan fingerprint density at radius 1 is 1.52 bits per heavy atom. The summed E-state index contributed by atoms with van der Waals surface area (Å²) < 4.78 is 19.1. The molecule has 1 aliphatic heterocycles. The number of pyridine rings is 1. The number of halogens is 1. The lowest BCUT2D eigenvalue weighted by molar-refractivity contribution is 0.147. The topological polar surface area (TPSA) is 63.6 Å². The monoisotopic (exact) mass is 325 g/mol. The lowest BCUT2D eigenvalue weighted by Crippen LogP contribution is -2.30. The number of likely N-dealkylation sites (tertiary alicyclic amines) is 1. The zero-order valence-corrected chi connectivity index (χ0v) is 13.6. The molecule has 0 radical (unpaired) electrons. The standard InChI is InChI=1S/C16H24FN3O3/c1-12(2)11-23-16(22)18-14-4-3-7-20(15(14)21)13-5-8-19(10-13)9-6-17/h3-4,7,12-13H,5-6,8-11H2,1-2H3,(H,18,22)/t13-/m0/s1. The number of anilines is 1. The fourth-order valence-corrected chi connectivity index (χ4v) is 2.64. The van der Waals surface area contributed by atoms with Gasteiger partial charge in [0.25, 0.3) is 5.56 Å². The van der Waals surface area contributed by atoms with Gasteiger partial charge < -0.3 is 9.30 Å². The number of hydrogen-bond donors (Lipinski definition) is 1. The highest BCUT2D eigenvalue weighted by atomic mass is 19.1. The van der Waals surface area contributed by atoms with Crippen molar-refractivity contribution in [2.45, 2.75) is 26.3 Å². The summed E-state index contributed by atoms with van der Waals surface area (Å²) in [7, 11) is 0. The van der Waals surface area contributed by atoms with Gasteiger partial charge in [-0.3, -0.25) is 15.0 Å². The second-order valence-corrected chi connectivity index (χ2v) is 6.18. The van der Waals surface area contributed by atoms with Crippen LogP contribution >= 0.6 is 0 Å². The van der Waals surface area contributed by atoms with E-state index < -0.39 is 6.09 Å². The zero-order valence-electron chi connectivity index (χ0n) is 13.6. The molecule has 1 N–H and O–H groups in total. The normalized spacial score (nSPS) is 18.3. The van der Waals surface area contributed by atoms with Gasteiger partial charge in [-0.2, -0.15) is 0 Å². The highest BCUT2D eigenvalue weighted by Gasteiger charge is 2.24. The molecule has 1 amide bonds. The third-order valence-electron chi connectivity index (χ3n) is 3.80. The fourth-order valence-electron chi connectivity index (χ4n) is 2.64. The van der Waals surface area contributed by atoms with Crippen molar-refractivity contribution >= 4 is 11.8 Å². The molecule has 1 aromatic rings. The Morgan fingerprint density at radius 2 is 2.30 bits per heavy atom. The fraction of sp³-hybridized carbons (Fsp3) is 0.625. The first-order valence-electron chi connectivity index (χ1n) is 7.94. The maximum absolute atomic E-state index is 12.5. The van der Waals surface area contributed by atoms with Gasteiger partial charge >= 0.3 is 6.09 Å². The largest absolute Gasteiger partial charge is 0.449 e. The van der Waals surface area contributed by atoms with Crippen LogP contribution in [0, 0.1) is 5.92 Å². The first-order valence-corrected chi connectivity index (χ1v) is 7.94. The molecule has 2 heterocycles. The van der Waals surface area contributed by atoms with Gasteiger partial charge in [-0.1, -0.05) is 13.8 Å². The number of ether oxygens (including phenoxy) is 1. The quantitative estimate of drug-likeness (QED) is 0.871. The van der Waals surface area contributed by atoms with Crippen molar-refractivity contribution in [2.24, 2.45) is 5.92 Å². The molecule has 128 valence electrons. The van der Waals surface area contributed by atoms with E-state index in [9.17, 15) is 14.0 Å². The molecule has 0 aliphatic carbocycles. The van der Waals surface area contributed by atoms with E-state index in [0.717, 1.165) is 13.0 Å². The molecule has 0 spiro atoms. The maximum Gasteiger partial charge on any atom is 0.411 e. The van der Waals surface area contributed by atoms with Crippen molar-refractivity contribution < 1.29 is 13.9 Å². The summed E-state index contributed by atoms with van der Waals surface area (Å²) >= 11 is 0. The Hall–Kier alpha value is -1.89. The third-order valence-corrected chi connectivity index (χ3v) is 3.80. The van der Waals surface area contributed by atoms with Crippen LogP contribution in [0.1, 0.15) is 26.3 Å². The molecule has 1 aromatic heterocycles. The van der Waals surface area contributed by atoms with Crippen LogP contribution in [0.2, 0.25) is 0 Å². The second kappa shape index (κ2) is 8.10. The second-order valence-electron chi connectivity index (χ2n) is 6.18. The van der Waals surface area contributed by atoms with Crippen LogP contribution in [0.15, 0.2) is 23.1 Å². The molecule has 6 nitrogen and oxygen atoms in total. The van der Waals surface area contributed by atoms with Crippen molar-refractivity contribution in [2.75, 3.05) is 38.2 Å². The molecule has 2 rings (SSSR count). The molecule has 23 heavy (non-hydrogen) atoms. The van der Waals surface area contributed by atoms with Gasteiger partial charge in [-0.25, -0.2) is 9.18 Å². The van der Waals surface area contributed by atoms with Crippen LogP contribution in [0.25, 0.3) is 0 Å². The summed E-state index contributed by atoms with van der Waals surface area (Å²) in [5, 5.41) is 2.50. The molecule has 1 atom stereocenters. The van der Waals surface area contributed by atoms with E-state index in [4.69, 9.17) is 4.74 Å². The van der Waals surface area contributed by atoms with Gasteiger partial charge in [0.1, 0.15) is 12.4 Å². The number of nitrogens with one attached hydrogen (secondary N) is 1.